The lowest BCUT2D eigenvalue weighted by atomic mass is 10.4. The van der Waals surface area contributed by atoms with E-state index in [2.05, 4.69) is 26.2 Å². The number of nitrogens with zero attached hydrogens (tertiary/aromatic N) is 2. The zero-order chi connectivity index (χ0) is 11.8. The highest BCUT2D eigenvalue weighted by atomic mass is 79.9. The van der Waals surface area contributed by atoms with Gasteiger partial charge < -0.3 is 4.57 Å². The number of nitrogens with one attached hydrogen (secondary N) is 1. The van der Waals surface area contributed by atoms with Gasteiger partial charge in [-0.1, -0.05) is 0 Å². The topological polar surface area (TPSA) is 46.9 Å². The third kappa shape index (κ3) is 2.28. The molecule has 0 aromatic carbocycles. The average molecular weight is 312 g/mol. The molecule has 17 heavy (non-hydrogen) atoms. The number of anilines is 1. The normalized spacial score (nSPS) is 14.9. The lowest BCUT2D eigenvalue weighted by Gasteiger charge is -2.06. The zero-order valence-electron chi connectivity index (χ0n) is 8.89. The van der Waals surface area contributed by atoms with E-state index in [1.807, 2.05) is 22.2 Å². The third-order valence-corrected chi connectivity index (χ3v) is 3.76. The van der Waals surface area contributed by atoms with Crippen molar-refractivity contribution in [3.8, 4) is 0 Å². The van der Waals surface area contributed by atoms with Crippen molar-refractivity contribution in [3.63, 3.8) is 0 Å². The molecular weight excluding hydrogens is 302 g/mol. The fourth-order valence-corrected chi connectivity index (χ4v) is 2.69. The fourth-order valence-electron chi connectivity index (χ4n) is 1.73. The molecule has 1 fully saturated rings. The van der Waals surface area contributed by atoms with Crippen LogP contribution in [0.25, 0.3) is 0 Å². The fraction of sp³-hybridized carbons (Fsp3) is 0.273. The first-order chi connectivity index (χ1) is 8.24. The van der Waals surface area contributed by atoms with E-state index in [1.54, 1.807) is 6.20 Å². The molecule has 0 unspecified atom stereocenters. The number of aromatic nitrogens is 2. The van der Waals surface area contributed by atoms with Gasteiger partial charge in [0.15, 0.2) is 5.13 Å². The van der Waals surface area contributed by atoms with Crippen molar-refractivity contribution >= 4 is 38.3 Å². The molecule has 0 aliphatic heterocycles. The minimum Gasteiger partial charge on any atom is -0.339 e. The molecule has 0 atom stereocenters. The molecule has 88 valence electrons. The molecular formula is C11H10BrN3OS. The molecule has 0 radical (unpaired) electrons. The molecule has 4 nitrogen and oxygen atoms in total. The minimum atomic E-state index is -0.0995. The first-order valence-electron chi connectivity index (χ1n) is 5.32. The van der Waals surface area contributed by atoms with Crippen molar-refractivity contribution in [3.05, 3.63) is 34.0 Å². The van der Waals surface area contributed by atoms with Gasteiger partial charge in [-0.05, 0) is 34.8 Å². The Morgan fingerprint density at radius 2 is 2.41 bits per heavy atom. The molecule has 1 N–H and O–H groups in total. The summed E-state index contributed by atoms with van der Waals surface area (Å²) in [6.07, 6.45) is 5.95. The van der Waals surface area contributed by atoms with Gasteiger partial charge in [0.1, 0.15) is 5.69 Å². The number of halogens is 1. The highest BCUT2D eigenvalue weighted by Gasteiger charge is 2.27. The summed E-state index contributed by atoms with van der Waals surface area (Å²) in [5.74, 6) is -0.0995. The highest BCUT2D eigenvalue weighted by molar-refractivity contribution is 9.10. The Morgan fingerprint density at radius 1 is 1.59 bits per heavy atom. The number of hydrogen-bond donors (Lipinski definition) is 1. The maximum atomic E-state index is 12.1. The van der Waals surface area contributed by atoms with E-state index in [-0.39, 0.29) is 5.91 Å². The molecule has 2 aromatic rings. The van der Waals surface area contributed by atoms with Crippen LogP contribution in [-0.4, -0.2) is 15.5 Å². The largest absolute Gasteiger partial charge is 0.339 e. The molecule has 6 heteroatoms. The zero-order valence-corrected chi connectivity index (χ0v) is 11.3. The Bertz CT molecular complexity index is 545. The summed E-state index contributed by atoms with van der Waals surface area (Å²) in [6.45, 7) is 0. The summed E-state index contributed by atoms with van der Waals surface area (Å²) in [5, 5.41) is 5.27. The van der Waals surface area contributed by atoms with Gasteiger partial charge in [0, 0.05) is 28.3 Å². The summed E-state index contributed by atoms with van der Waals surface area (Å²) < 4.78 is 2.97. The summed E-state index contributed by atoms with van der Waals surface area (Å²) in [7, 11) is 0. The minimum absolute atomic E-state index is 0.0995. The Balaban J connectivity index is 1.85. The molecule has 1 aliphatic carbocycles. The second-order valence-corrected chi connectivity index (χ2v) is 5.78. The smallest absolute Gasteiger partial charge is 0.274 e. The summed E-state index contributed by atoms with van der Waals surface area (Å²) in [4.78, 5) is 16.1. The number of thiazole rings is 1. The Morgan fingerprint density at radius 3 is 3.06 bits per heavy atom. The van der Waals surface area contributed by atoms with Crippen LogP contribution in [-0.2, 0) is 0 Å². The van der Waals surface area contributed by atoms with Crippen LogP contribution in [0.3, 0.4) is 0 Å². The molecule has 1 aliphatic rings. The number of carbonyl (C=O) groups excluding carboxylic acids is 1. The van der Waals surface area contributed by atoms with Crippen molar-refractivity contribution in [2.45, 2.75) is 18.9 Å². The monoisotopic (exact) mass is 311 g/mol. The molecule has 2 aromatic heterocycles. The van der Waals surface area contributed by atoms with Crippen molar-refractivity contribution in [1.29, 1.82) is 0 Å². The maximum Gasteiger partial charge on any atom is 0.274 e. The molecule has 2 heterocycles. The van der Waals surface area contributed by atoms with Crippen LogP contribution in [0.1, 0.15) is 29.4 Å². The maximum absolute atomic E-state index is 12.1. The quantitative estimate of drug-likeness (QED) is 0.945. The molecule has 1 amide bonds. The Hall–Kier alpha value is -1.14. The Kier molecular flexibility index (Phi) is 2.76. The van der Waals surface area contributed by atoms with Crippen molar-refractivity contribution in [2.75, 3.05) is 5.32 Å². The van der Waals surface area contributed by atoms with Crippen LogP contribution < -0.4 is 5.32 Å². The van der Waals surface area contributed by atoms with Gasteiger partial charge in [0.2, 0.25) is 0 Å². The lowest BCUT2D eigenvalue weighted by Crippen LogP contribution is -2.16. The standard InChI is InChI=1S/C11H10BrN3OS/c12-7-5-9(15(6-7)8-1-2-8)10(16)14-11-13-3-4-17-11/h3-6,8H,1-2H2,(H,13,14,16). The van der Waals surface area contributed by atoms with E-state index in [9.17, 15) is 4.79 Å². The first kappa shape index (κ1) is 11.0. The van der Waals surface area contributed by atoms with E-state index in [1.165, 1.54) is 11.3 Å². The van der Waals surface area contributed by atoms with Crippen LogP contribution in [0, 0.1) is 0 Å². The van der Waals surface area contributed by atoms with Gasteiger partial charge in [0.05, 0.1) is 0 Å². The van der Waals surface area contributed by atoms with E-state index in [4.69, 9.17) is 0 Å². The van der Waals surface area contributed by atoms with Gasteiger partial charge >= 0.3 is 0 Å². The Labute approximate surface area is 111 Å². The van der Waals surface area contributed by atoms with Crippen LogP contribution in [0.2, 0.25) is 0 Å². The van der Waals surface area contributed by atoms with E-state index >= 15 is 0 Å². The van der Waals surface area contributed by atoms with Crippen LogP contribution in [0.5, 0.6) is 0 Å². The van der Waals surface area contributed by atoms with Gasteiger partial charge in [-0.2, -0.15) is 0 Å². The lowest BCUT2D eigenvalue weighted by molar-refractivity contribution is 0.101. The number of hydrogen-bond acceptors (Lipinski definition) is 3. The second kappa shape index (κ2) is 4.27. The van der Waals surface area contributed by atoms with Crippen molar-refractivity contribution < 1.29 is 4.79 Å². The van der Waals surface area contributed by atoms with Crippen molar-refractivity contribution in [1.82, 2.24) is 9.55 Å². The molecule has 0 bridgehead atoms. The summed E-state index contributed by atoms with van der Waals surface area (Å²) in [6, 6.07) is 2.33. The van der Waals surface area contributed by atoms with Crippen LogP contribution in [0.4, 0.5) is 5.13 Å². The second-order valence-electron chi connectivity index (χ2n) is 3.97. The number of amides is 1. The van der Waals surface area contributed by atoms with E-state index in [0.717, 1.165) is 17.3 Å². The summed E-state index contributed by atoms with van der Waals surface area (Å²) in [5.41, 5.74) is 0.689. The third-order valence-electron chi connectivity index (χ3n) is 2.64. The predicted molar refractivity (Wildman–Crippen MR) is 70.5 cm³/mol. The first-order valence-corrected chi connectivity index (χ1v) is 6.99. The highest BCUT2D eigenvalue weighted by Crippen LogP contribution is 2.37. The van der Waals surface area contributed by atoms with E-state index in [0.29, 0.717) is 16.9 Å². The molecule has 1 saturated carbocycles. The summed E-state index contributed by atoms with van der Waals surface area (Å²) >= 11 is 4.83. The molecule has 0 saturated heterocycles. The van der Waals surface area contributed by atoms with Crippen LogP contribution in [0.15, 0.2) is 28.3 Å². The number of rotatable bonds is 3. The van der Waals surface area contributed by atoms with Gasteiger partial charge in [0.25, 0.3) is 5.91 Å². The number of carbonyl (C=O) groups is 1. The van der Waals surface area contributed by atoms with Crippen LogP contribution >= 0.6 is 27.3 Å². The van der Waals surface area contributed by atoms with E-state index < -0.39 is 0 Å². The molecule has 3 rings (SSSR count). The van der Waals surface area contributed by atoms with Gasteiger partial charge in [-0.3, -0.25) is 10.1 Å². The average Bonchev–Trinajstić information content (AvgIpc) is 2.88. The van der Waals surface area contributed by atoms with Crippen molar-refractivity contribution in [2.24, 2.45) is 0 Å². The predicted octanol–water partition coefficient (Wildman–Crippen LogP) is 3.29. The van der Waals surface area contributed by atoms with Gasteiger partial charge in [-0.15, -0.1) is 11.3 Å². The SMILES string of the molecule is O=C(Nc1nccs1)c1cc(Br)cn1C1CC1. The molecule has 0 spiro atoms. The van der Waals surface area contributed by atoms with Gasteiger partial charge in [-0.25, -0.2) is 4.98 Å².